The molecule has 0 saturated carbocycles. The van der Waals surface area contributed by atoms with Gasteiger partial charge in [-0.1, -0.05) is 31.5 Å². The highest BCUT2D eigenvalue weighted by Crippen LogP contribution is 2.28. The normalized spacial score (nSPS) is 25.8. The predicted octanol–water partition coefficient (Wildman–Crippen LogP) is 2.28. The minimum absolute atomic E-state index is 0.0375. The van der Waals surface area contributed by atoms with Crippen molar-refractivity contribution < 1.29 is 18.3 Å². The van der Waals surface area contributed by atoms with Crippen LogP contribution in [0, 0.1) is 0 Å². The Morgan fingerprint density at radius 2 is 2.18 bits per heavy atom. The van der Waals surface area contributed by atoms with Gasteiger partial charge in [0.15, 0.2) is 0 Å². The second-order valence-electron chi connectivity index (χ2n) is 6.04. The molecule has 1 aromatic rings. The van der Waals surface area contributed by atoms with Gasteiger partial charge in [0.05, 0.1) is 11.1 Å². The number of hydrogen-bond donors (Lipinski definition) is 2. The number of hydrogen-bond acceptors (Lipinski definition) is 4. The molecule has 2 rings (SSSR count). The Hall–Kier alpha value is -0.660. The minimum Gasteiger partial charge on any atom is -0.386 e. The van der Waals surface area contributed by atoms with E-state index in [1.165, 1.54) is 0 Å². The van der Waals surface area contributed by atoms with Crippen LogP contribution < -0.4 is 4.72 Å². The summed E-state index contributed by atoms with van der Waals surface area (Å²) in [6, 6.07) is 4.97. The number of sulfonamides is 1. The second kappa shape index (κ2) is 6.45. The highest BCUT2D eigenvalue weighted by Gasteiger charge is 2.40. The first kappa shape index (κ1) is 17.7. The Labute approximate surface area is 136 Å². The number of ether oxygens (including phenoxy) is 1. The summed E-state index contributed by atoms with van der Waals surface area (Å²) in [4.78, 5) is 0.0375. The van der Waals surface area contributed by atoms with Gasteiger partial charge in [-0.05, 0) is 30.5 Å². The lowest BCUT2D eigenvalue weighted by atomic mass is 9.97. The van der Waals surface area contributed by atoms with Crippen LogP contribution in [-0.4, -0.2) is 38.4 Å². The van der Waals surface area contributed by atoms with E-state index in [0.717, 1.165) is 5.56 Å². The molecule has 1 aromatic carbocycles. The second-order valence-corrected chi connectivity index (χ2v) is 8.18. The van der Waals surface area contributed by atoms with Crippen LogP contribution in [0.25, 0.3) is 0 Å². The van der Waals surface area contributed by atoms with Crippen molar-refractivity contribution >= 4 is 21.6 Å². The van der Waals surface area contributed by atoms with Crippen LogP contribution in [0.5, 0.6) is 0 Å². The molecule has 5 nitrogen and oxygen atoms in total. The fourth-order valence-electron chi connectivity index (χ4n) is 2.39. The predicted molar refractivity (Wildman–Crippen MR) is 85.7 cm³/mol. The van der Waals surface area contributed by atoms with E-state index in [1.54, 1.807) is 19.1 Å². The number of benzene rings is 1. The molecule has 1 fully saturated rings. The van der Waals surface area contributed by atoms with Gasteiger partial charge in [-0.25, -0.2) is 13.1 Å². The van der Waals surface area contributed by atoms with E-state index in [-0.39, 0.29) is 22.4 Å². The maximum atomic E-state index is 12.5. The molecule has 2 atom stereocenters. The third-order valence-corrected chi connectivity index (χ3v) is 6.02. The zero-order chi connectivity index (χ0) is 16.5. The average molecular weight is 348 g/mol. The molecule has 0 aromatic heterocycles. The topological polar surface area (TPSA) is 75.6 Å². The van der Waals surface area contributed by atoms with E-state index >= 15 is 0 Å². The third kappa shape index (κ3) is 3.63. The molecule has 124 valence electrons. The summed E-state index contributed by atoms with van der Waals surface area (Å²) >= 11 is 6.04. The average Bonchev–Trinajstić information content (AvgIpc) is 2.77. The summed E-state index contributed by atoms with van der Waals surface area (Å²) in [6.07, 6.45) is -0.0103. The summed E-state index contributed by atoms with van der Waals surface area (Å²) in [5, 5.41) is 10.6. The molecular formula is C15H22ClNO4S. The van der Waals surface area contributed by atoms with E-state index in [2.05, 4.69) is 4.72 Å². The molecule has 1 saturated heterocycles. The van der Waals surface area contributed by atoms with Gasteiger partial charge in [0, 0.05) is 19.6 Å². The van der Waals surface area contributed by atoms with Crippen molar-refractivity contribution in [2.45, 2.75) is 49.7 Å². The molecule has 0 radical (unpaired) electrons. The molecule has 1 aliphatic heterocycles. The SMILES string of the molecule is CC(C)c1ccc(Cl)c(S(=O)(=O)NC[C@@]2(O)CCO[C@H]2C)c1. The van der Waals surface area contributed by atoms with Crippen molar-refractivity contribution in [3.05, 3.63) is 28.8 Å². The van der Waals surface area contributed by atoms with Gasteiger partial charge in [-0.2, -0.15) is 0 Å². The van der Waals surface area contributed by atoms with Crippen LogP contribution in [-0.2, 0) is 14.8 Å². The van der Waals surface area contributed by atoms with E-state index in [4.69, 9.17) is 16.3 Å². The maximum absolute atomic E-state index is 12.5. The first-order chi connectivity index (χ1) is 10.2. The molecule has 1 heterocycles. The number of rotatable bonds is 5. The summed E-state index contributed by atoms with van der Waals surface area (Å²) in [5.41, 5.74) is -0.295. The molecule has 0 unspecified atom stereocenters. The Morgan fingerprint density at radius 3 is 2.73 bits per heavy atom. The summed E-state index contributed by atoms with van der Waals surface area (Å²) < 4.78 is 32.7. The molecule has 0 bridgehead atoms. The Bertz CT molecular complexity index is 647. The zero-order valence-corrected chi connectivity index (χ0v) is 14.5. The number of halogens is 1. The molecule has 0 aliphatic carbocycles. The van der Waals surface area contributed by atoms with Crippen molar-refractivity contribution in [3.8, 4) is 0 Å². The lowest BCUT2D eigenvalue weighted by Crippen LogP contribution is -2.47. The van der Waals surface area contributed by atoms with Gasteiger partial charge in [-0.3, -0.25) is 0 Å². The lowest BCUT2D eigenvalue weighted by molar-refractivity contribution is -0.0228. The van der Waals surface area contributed by atoms with Crippen LogP contribution in [0.4, 0.5) is 0 Å². The van der Waals surface area contributed by atoms with E-state index in [9.17, 15) is 13.5 Å². The van der Waals surface area contributed by atoms with E-state index < -0.39 is 21.7 Å². The summed E-state index contributed by atoms with van der Waals surface area (Å²) in [7, 11) is -3.79. The van der Waals surface area contributed by atoms with E-state index in [0.29, 0.717) is 13.0 Å². The fraction of sp³-hybridized carbons (Fsp3) is 0.600. The molecule has 22 heavy (non-hydrogen) atoms. The van der Waals surface area contributed by atoms with Gasteiger partial charge >= 0.3 is 0 Å². The first-order valence-electron chi connectivity index (χ1n) is 7.29. The number of nitrogens with one attached hydrogen (secondary N) is 1. The first-order valence-corrected chi connectivity index (χ1v) is 9.15. The molecule has 0 amide bonds. The minimum atomic E-state index is -3.79. The van der Waals surface area contributed by atoms with Crippen LogP contribution in [0.1, 0.15) is 38.7 Å². The fourth-order valence-corrected chi connectivity index (χ4v) is 4.02. The van der Waals surface area contributed by atoms with Crippen molar-refractivity contribution in [1.82, 2.24) is 4.72 Å². The van der Waals surface area contributed by atoms with Crippen LogP contribution >= 0.6 is 11.6 Å². The standard InChI is InChI=1S/C15H22ClNO4S/c1-10(2)12-4-5-13(16)14(8-12)22(19,20)17-9-15(18)6-7-21-11(15)3/h4-5,8,10-11,17-18H,6-7,9H2,1-3H3/t11-,15-/m0/s1. The number of aliphatic hydroxyl groups is 1. The van der Waals surface area contributed by atoms with Gasteiger partial charge in [0.1, 0.15) is 10.5 Å². The van der Waals surface area contributed by atoms with Gasteiger partial charge in [-0.15, -0.1) is 0 Å². The van der Waals surface area contributed by atoms with Gasteiger partial charge in [0.25, 0.3) is 0 Å². The van der Waals surface area contributed by atoms with Crippen LogP contribution in [0.2, 0.25) is 5.02 Å². The summed E-state index contributed by atoms with van der Waals surface area (Å²) in [6.45, 7) is 6.01. The van der Waals surface area contributed by atoms with Gasteiger partial charge < -0.3 is 9.84 Å². The van der Waals surface area contributed by atoms with Crippen molar-refractivity contribution in [2.75, 3.05) is 13.2 Å². The summed E-state index contributed by atoms with van der Waals surface area (Å²) in [5.74, 6) is 0.193. The largest absolute Gasteiger partial charge is 0.386 e. The third-order valence-electron chi connectivity index (χ3n) is 4.14. The molecule has 1 aliphatic rings. The zero-order valence-electron chi connectivity index (χ0n) is 13.0. The highest BCUT2D eigenvalue weighted by molar-refractivity contribution is 7.89. The van der Waals surface area contributed by atoms with Crippen LogP contribution in [0.3, 0.4) is 0 Å². The molecule has 0 spiro atoms. The molecule has 2 N–H and O–H groups in total. The smallest absolute Gasteiger partial charge is 0.242 e. The van der Waals surface area contributed by atoms with Crippen molar-refractivity contribution in [2.24, 2.45) is 0 Å². The Kier molecular flexibility index (Phi) is 5.19. The maximum Gasteiger partial charge on any atom is 0.242 e. The van der Waals surface area contributed by atoms with Crippen molar-refractivity contribution in [1.29, 1.82) is 0 Å². The highest BCUT2D eigenvalue weighted by atomic mass is 35.5. The quantitative estimate of drug-likeness (QED) is 0.856. The lowest BCUT2D eigenvalue weighted by Gasteiger charge is -2.26. The Balaban J connectivity index is 2.22. The molecular weight excluding hydrogens is 326 g/mol. The Morgan fingerprint density at radius 1 is 1.50 bits per heavy atom. The monoisotopic (exact) mass is 347 g/mol. The van der Waals surface area contributed by atoms with Crippen LogP contribution in [0.15, 0.2) is 23.1 Å². The van der Waals surface area contributed by atoms with Crippen molar-refractivity contribution in [3.63, 3.8) is 0 Å². The van der Waals surface area contributed by atoms with Gasteiger partial charge in [0.2, 0.25) is 10.0 Å². The van der Waals surface area contributed by atoms with E-state index in [1.807, 2.05) is 19.9 Å². The molecule has 7 heteroatoms.